The van der Waals surface area contributed by atoms with Crippen LogP contribution in [0.4, 0.5) is 0 Å². The number of hydrogen-bond donors (Lipinski definition) is 2. The molecule has 5 nitrogen and oxygen atoms in total. The van der Waals surface area contributed by atoms with Crippen molar-refractivity contribution < 1.29 is 5.21 Å². The van der Waals surface area contributed by atoms with Crippen molar-refractivity contribution in [2.75, 3.05) is 0 Å². The van der Waals surface area contributed by atoms with Crippen LogP contribution in [0.25, 0.3) is 0 Å². The van der Waals surface area contributed by atoms with Crippen molar-refractivity contribution in [3.63, 3.8) is 0 Å². The normalized spacial score (nSPS) is 16.1. The molecule has 0 aliphatic carbocycles. The van der Waals surface area contributed by atoms with Crippen molar-refractivity contribution in [1.82, 2.24) is 5.32 Å². The van der Waals surface area contributed by atoms with E-state index in [1.165, 1.54) is 0 Å². The monoisotopic (exact) mass is 292 g/mol. The molecule has 0 unspecified atom stereocenters. The summed E-state index contributed by atoms with van der Waals surface area (Å²) in [6, 6.07) is 11.8. The highest BCUT2D eigenvalue weighted by Crippen LogP contribution is 2.37. The predicted octanol–water partition coefficient (Wildman–Crippen LogP) is 3.17. The van der Waals surface area contributed by atoms with Crippen LogP contribution in [0.5, 0.6) is 0 Å². The molecule has 0 spiro atoms. The zero-order valence-electron chi connectivity index (χ0n) is 12.7. The molecule has 5 heteroatoms. The lowest BCUT2D eigenvalue weighted by Gasteiger charge is -2.26. The van der Waals surface area contributed by atoms with Gasteiger partial charge in [-0.05, 0) is 38.0 Å². The zero-order valence-corrected chi connectivity index (χ0v) is 12.7. The van der Waals surface area contributed by atoms with Gasteiger partial charge in [-0.1, -0.05) is 23.4 Å². The molecule has 1 aliphatic heterocycles. The molecule has 0 bridgehead atoms. The van der Waals surface area contributed by atoms with Crippen LogP contribution in [-0.4, -0.2) is 10.9 Å². The first-order valence-corrected chi connectivity index (χ1v) is 6.81. The number of hydrogen-bond acceptors (Lipinski definition) is 5. The smallest absolute Gasteiger partial charge is 0.0975 e. The van der Waals surface area contributed by atoms with Gasteiger partial charge in [-0.25, -0.2) is 0 Å². The number of oxime groups is 1. The van der Waals surface area contributed by atoms with Crippen LogP contribution < -0.4 is 5.32 Å². The minimum absolute atomic E-state index is 0.400. The first-order chi connectivity index (χ1) is 10.5. The Bertz CT molecular complexity index is 752. The Morgan fingerprint density at radius 3 is 2.27 bits per heavy atom. The Morgan fingerprint density at radius 2 is 1.77 bits per heavy atom. The molecule has 0 fully saturated rings. The van der Waals surface area contributed by atoms with Gasteiger partial charge in [0, 0.05) is 11.4 Å². The largest absolute Gasteiger partial charge is 0.411 e. The van der Waals surface area contributed by atoms with Gasteiger partial charge in [0.25, 0.3) is 0 Å². The molecule has 2 rings (SSSR count). The van der Waals surface area contributed by atoms with Crippen LogP contribution in [0, 0.1) is 22.7 Å². The summed E-state index contributed by atoms with van der Waals surface area (Å²) in [5.74, 6) is -0.400. The van der Waals surface area contributed by atoms with Crippen LogP contribution in [0.2, 0.25) is 0 Å². The molecule has 0 aromatic heterocycles. The topological polar surface area (TPSA) is 92.2 Å². The summed E-state index contributed by atoms with van der Waals surface area (Å²) >= 11 is 0. The van der Waals surface area contributed by atoms with Crippen LogP contribution in [0.1, 0.15) is 37.8 Å². The second-order valence-electron chi connectivity index (χ2n) is 5.17. The second kappa shape index (κ2) is 6.15. The van der Waals surface area contributed by atoms with Gasteiger partial charge in [-0.2, -0.15) is 10.5 Å². The van der Waals surface area contributed by atoms with E-state index in [1.54, 1.807) is 6.92 Å². The van der Waals surface area contributed by atoms with Gasteiger partial charge >= 0.3 is 0 Å². The van der Waals surface area contributed by atoms with Crippen LogP contribution in [0.3, 0.4) is 0 Å². The Kier molecular flexibility index (Phi) is 4.29. The van der Waals surface area contributed by atoms with Crippen molar-refractivity contribution in [1.29, 1.82) is 10.5 Å². The van der Waals surface area contributed by atoms with E-state index < -0.39 is 5.92 Å². The SMILES string of the molecule is CC1=C(C#N)C(c2cccc(/C(C)=N/O)c2)C(C#N)=C(C)N1. The van der Waals surface area contributed by atoms with E-state index in [-0.39, 0.29) is 0 Å². The fourth-order valence-electron chi connectivity index (χ4n) is 2.62. The van der Waals surface area contributed by atoms with Gasteiger partial charge < -0.3 is 10.5 Å². The van der Waals surface area contributed by atoms with Crippen molar-refractivity contribution in [2.45, 2.75) is 26.7 Å². The summed E-state index contributed by atoms with van der Waals surface area (Å²) in [5.41, 5.74) is 4.62. The summed E-state index contributed by atoms with van der Waals surface area (Å²) in [6.07, 6.45) is 0. The molecule has 1 aromatic carbocycles. The van der Waals surface area contributed by atoms with Gasteiger partial charge in [0.05, 0.1) is 34.9 Å². The van der Waals surface area contributed by atoms with Gasteiger partial charge in [0.15, 0.2) is 0 Å². The van der Waals surface area contributed by atoms with Gasteiger partial charge in [0.1, 0.15) is 0 Å². The highest BCUT2D eigenvalue weighted by molar-refractivity contribution is 5.98. The molecule has 0 radical (unpaired) electrons. The van der Waals surface area contributed by atoms with Gasteiger partial charge in [0.2, 0.25) is 0 Å². The Hall–Kier alpha value is -3.05. The minimum atomic E-state index is -0.400. The van der Waals surface area contributed by atoms with E-state index in [4.69, 9.17) is 5.21 Å². The molecule has 0 saturated carbocycles. The highest BCUT2D eigenvalue weighted by Gasteiger charge is 2.29. The summed E-state index contributed by atoms with van der Waals surface area (Å²) in [6.45, 7) is 5.35. The summed E-state index contributed by atoms with van der Waals surface area (Å²) in [7, 11) is 0. The van der Waals surface area contributed by atoms with Crippen LogP contribution in [-0.2, 0) is 0 Å². The number of nitrogens with one attached hydrogen (secondary N) is 1. The fraction of sp³-hybridized carbons (Fsp3) is 0.235. The van der Waals surface area contributed by atoms with Crippen molar-refractivity contribution in [3.05, 3.63) is 57.9 Å². The van der Waals surface area contributed by atoms with E-state index in [9.17, 15) is 10.5 Å². The molecule has 1 aliphatic rings. The van der Waals surface area contributed by atoms with Crippen molar-refractivity contribution >= 4 is 5.71 Å². The number of nitrogens with zero attached hydrogens (tertiary/aromatic N) is 3. The number of nitriles is 2. The van der Waals surface area contributed by atoms with E-state index in [0.29, 0.717) is 16.9 Å². The highest BCUT2D eigenvalue weighted by atomic mass is 16.4. The molecule has 0 atom stereocenters. The number of rotatable bonds is 2. The standard InChI is InChI=1S/C17H16N4O/c1-10(21-22)13-5-4-6-14(7-13)17-15(8-18)11(2)20-12(3)16(17)9-19/h4-7,17,20,22H,1-3H3/b21-10+. The van der Waals surface area contributed by atoms with E-state index in [0.717, 1.165) is 22.5 Å². The first kappa shape index (κ1) is 15.3. The number of allylic oxidation sites excluding steroid dienone is 4. The lowest BCUT2D eigenvalue weighted by atomic mass is 9.81. The number of dihydropyridines is 1. The predicted molar refractivity (Wildman–Crippen MR) is 82.9 cm³/mol. The summed E-state index contributed by atoms with van der Waals surface area (Å²) in [4.78, 5) is 0. The fourth-order valence-corrected chi connectivity index (χ4v) is 2.62. The Labute approximate surface area is 129 Å². The minimum Gasteiger partial charge on any atom is -0.411 e. The van der Waals surface area contributed by atoms with Gasteiger partial charge in [-0.15, -0.1) is 0 Å². The molecule has 1 heterocycles. The van der Waals surface area contributed by atoms with Crippen LogP contribution in [0.15, 0.2) is 52.0 Å². The molecule has 0 saturated heterocycles. The number of benzene rings is 1. The molecule has 1 aromatic rings. The zero-order chi connectivity index (χ0) is 16.3. The maximum Gasteiger partial charge on any atom is 0.0975 e. The quantitative estimate of drug-likeness (QED) is 0.497. The van der Waals surface area contributed by atoms with E-state index in [1.807, 2.05) is 38.1 Å². The van der Waals surface area contributed by atoms with Crippen LogP contribution >= 0.6 is 0 Å². The second-order valence-corrected chi connectivity index (χ2v) is 5.17. The average molecular weight is 292 g/mol. The maximum absolute atomic E-state index is 9.47. The maximum atomic E-state index is 9.47. The van der Waals surface area contributed by atoms with E-state index in [2.05, 4.69) is 22.6 Å². The molecular weight excluding hydrogens is 276 g/mol. The lowest BCUT2D eigenvalue weighted by molar-refractivity contribution is 0.319. The summed E-state index contributed by atoms with van der Waals surface area (Å²) in [5, 5.41) is 34.2. The molecule has 2 N–H and O–H groups in total. The Morgan fingerprint density at radius 1 is 1.18 bits per heavy atom. The Balaban J connectivity index is 2.64. The van der Waals surface area contributed by atoms with E-state index >= 15 is 0 Å². The van der Waals surface area contributed by atoms with Gasteiger partial charge in [-0.3, -0.25) is 0 Å². The first-order valence-electron chi connectivity index (χ1n) is 6.81. The third kappa shape index (κ3) is 2.57. The van der Waals surface area contributed by atoms with Crippen molar-refractivity contribution in [3.8, 4) is 12.1 Å². The molecule has 0 amide bonds. The molecular formula is C17H16N4O. The third-order valence-electron chi connectivity index (χ3n) is 3.79. The lowest BCUT2D eigenvalue weighted by Crippen LogP contribution is -2.23. The average Bonchev–Trinajstić information content (AvgIpc) is 2.53. The molecule has 22 heavy (non-hydrogen) atoms. The summed E-state index contributed by atoms with van der Waals surface area (Å²) < 4.78 is 0. The molecule has 110 valence electrons. The third-order valence-corrected chi connectivity index (χ3v) is 3.79. The van der Waals surface area contributed by atoms with Crippen molar-refractivity contribution in [2.24, 2.45) is 5.16 Å².